The number of hydrogen-bond acceptors (Lipinski definition) is 4. The highest BCUT2D eigenvalue weighted by Gasteiger charge is 2.30. The molecule has 1 atom stereocenters. The third-order valence-corrected chi connectivity index (χ3v) is 4.09. The highest BCUT2D eigenvalue weighted by atomic mass is 32.2. The van der Waals surface area contributed by atoms with Crippen LogP contribution >= 0.6 is 11.8 Å². The molecule has 0 spiro atoms. The summed E-state index contributed by atoms with van der Waals surface area (Å²) in [6.07, 6.45) is 3.81. The van der Waals surface area contributed by atoms with Crippen LogP contribution in [-0.2, 0) is 4.74 Å². The fourth-order valence-corrected chi connectivity index (χ4v) is 3.16. The van der Waals surface area contributed by atoms with Crippen molar-refractivity contribution < 1.29 is 14.6 Å². The molecule has 1 N–H and O–H groups in total. The van der Waals surface area contributed by atoms with Crippen molar-refractivity contribution in [3.05, 3.63) is 0 Å². The fourth-order valence-electron chi connectivity index (χ4n) is 1.89. The maximum Gasteiger partial charge on any atom is 0.411 e. The van der Waals surface area contributed by atoms with Gasteiger partial charge in [-0.3, -0.25) is 4.90 Å². The van der Waals surface area contributed by atoms with Crippen LogP contribution in [0.1, 0.15) is 46.5 Å². The van der Waals surface area contributed by atoms with E-state index in [0.29, 0.717) is 0 Å². The summed E-state index contributed by atoms with van der Waals surface area (Å²) in [5.74, 6) is 0.889. The molecule has 0 aromatic heterocycles. The van der Waals surface area contributed by atoms with Crippen molar-refractivity contribution >= 4 is 17.9 Å². The van der Waals surface area contributed by atoms with Crippen LogP contribution in [-0.4, -0.2) is 46.0 Å². The van der Waals surface area contributed by atoms with Gasteiger partial charge in [-0.2, -0.15) is 0 Å². The van der Waals surface area contributed by atoms with Gasteiger partial charge in [-0.15, -0.1) is 11.8 Å². The molecule has 18 heavy (non-hydrogen) atoms. The molecule has 5 heteroatoms. The molecule has 1 saturated heterocycles. The summed E-state index contributed by atoms with van der Waals surface area (Å²) in [5, 5.41) is 9.01. The number of hydrogen-bond donors (Lipinski definition) is 1. The van der Waals surface area contributed by atoms with Crippen molar-refractivity contribution in [3.8, 4) is 0 Å². The van der Waals surface area contributed by atoms with Crippen molar-refractivity contribution in [3.63, 3.8) is 0 Å². The zero-order valence-corrected chi connectivity index (χ0v) is 12.5. The lowest BCUT2D eigenvalue weighted by atomic mass is 10.1. The van der Waals surface area contributed by atoms with Gasteiger partial charge in [0.25, 0.3) is 0 Å². The van der Waals surface area contributed by atoms with Crippen LogP contribution in [0.2, 0.25) is 0 Å². The van der Waals surface area contributed by atoms with Crippen LogP contribution < -0.4 is 0 Å². The molecule has 0 aromatic carbocycles. The molecule has 1 rings (SSSR count). The van der Waals surface area contributed by atoms with E-state index in [0.717, 1.165) is 38.0 Å². The lowest BCUT2D eigenvalue weighted by Gasteiger charge is -2.36. The summed E-state index contributed by atoms with van der Waals surface area (Å²) in [7, 11) is 0. The molecular formula is C13H25NO3S. The molecule has 4 nitrogen and oxygen atoms in total. The molecule has 0 aromatic rings. The van der Waals surface area contributed by atoms with Gasteiger partial charge < -0.3 is 9.84 Å². The van der Waals surface area contributed by atoms with Crippen molar-refractivity contribution in [1.82, 2.24) is 4.90 Å². The topological polar surface area (TPSA) is 49.8 Å². The zero-order chi connectivity index (χ0) is 13.6. The molecule has 1 fully saturated rings. The first kappa shape index (κ1) is 15.6. The van der Waals surface area contributed by atoms with E-state index in [1.54, 1.807) is 11.8 Å². The molecule has 0 aliphatic carbocycles. The molecule has 0 bridgehead atoms. The quantitative estimate of drug-likeness (QED) is 0.802. The Morgan fingerprint density at radius 1 is 1.44 bits per heavy atom. The third kappa shape index (κ3) is 5.48. The molecule has 1 aliphatic rings. The van der Waals surface area contributed by atoms with Crippen LogP contribution in [0.4, 0.5) is 4.79 Å². The summed E-state index contributed by atoms with van der Waals surface area (Å²) >= 11 is 1.75. The van der Waals surface area contributed by atoms with E-state index in [4.69, 9.17) is 9.84 Å². The van der Waals surface area contributed by atoms with E-state index in [2.05, 4.69) is 0 Å². The number of ether oxygens (including phenoxy) is 1. The van der Waals surface area contributed by atoms with E-state index in [1.165, 1.54) is 0 Å². The van der Waals surface area contributed by atoms with Crippen LogP contribution in [0.3, 0.4) is 0 Å². The number of aliphatic hydroxyl groups is 1. The third-order valence-electron chi connectivity index (χ3n) is 2.69. The molecule has 1 unspecified atom stereocenters. The zero-order valence-electron chi connectivity index (χ0n) is 11.6. The number of carbonyl (C=O) groups is 1. The van der Waals surface area contributed by atoms with Crippen LogP contribution in [0.15, 0.2) is 0 Å². The molecule has 0 radical (unpaired) electrons. The predicted molar refractivity (Wildman–Crippen MR) is 74.7 cm³/mol. The first-order chi connectivity index (χ1) is 8.44. The Bertz CT molecular complexity index is 265. The average Bonchev–Trinajstić information content (AvgIpc) is 2.27. The summed E-state index contributed by atoms with van der Waals surface area (Å²) in [5.41, 5.74) is -0.436. The normalized spacial score (nSPS) is 20.9. The fraction of sp³-hybridized carbons (Fsp3) is 0.923. The summed E-state index contributed by atoms with van der Waals surface area (Å²) in [6.45, 7) is 6.67. The Morgan fingerprint density at radius 2 is 2.17 bits per heavy atom. The summed E-state index contributed by atoms with van der Waals surface area (Å²) < 4.78 is 5.44. The van der Waals surface area contributed by atoms with Crippen molar-refractivity contribution in [2.75, 3.05) is 18.9 Å². The first-order valence-electron chi connectivity index (χ1n) is 6.66. The van der Waals surface area contributed by atoms with Gasteiger partial charge in [0, 0.05) is 13.2 Å². The van der Waals surface area contributed by atoms with Gasteiger partial charge >= 0.3 is 6.09 Å². The minimum atomic E-state index is -0.436. The van der Waals surface area contributed by atoms with E-state index in [1.807, 2.05) is 25.7 Å². The van der Waals surface area contributed by atoms with E-state index in [-0.39, 0.29) is 18.1 Å². The number of nitrogens with zero attached hydrogens (tertiary/aromatic N) is 1. The van der Waals surface area contributed by atoms with E-state index >= 15 is 0 Å². The molecular weight excluding hydrogens is 250 g/mol. The molecule has 0 saturated carbocycles. The minimum Gasteiger partial charge on any atom is -0.444 e. The van der Waals surface area contributed by atoms with Crippen molar-refractivity contribution in [1.29, 1.82) is 0 Å². The van der Waals surface area contributed by atoms with Crippen LogP contribution in [0.5, 0.6) is 0 Å². The Balaban J connectivity index is 2.50. The van der Waals surface area contributed by atoms with E-state index in [9.17, 15) is 4.79 Å². The minimum absolute atomic E-state index is 0.205. The largest absolute Gasteiger partial charge is 0.444 e. The highest BCUT2D eigenvalue weighted by molar-refractivity contribution is 7.99. The lowest BCUT2D eigenvalue weighted by molar-refractivity contribution is 0.0186. The Labute approximate surface area is 114 Å². The Morgan fingerprint density at radius 3 is 2.78 bits per heavy atom. The second kappa shape index (κ2) is 7.24. The Hall–Kier alpha value is -0.420. The summed E-state index contributed by atoms with van der Waals surface area (Å²) in [4.78, 5) is 13.9. The maximum atomic E-state index is 12.1. The van der Waals surface area contributed by atoms with E-state index < -0.39 is 5.60 Å². The monoisotopic (exact) mass is 275 g/mol. The summed E-state index contributed by atoms with van der Waals surface area (Å²) in [6, 6.07) is 0. The van der Waals surface area contributed by atoms with Crippen LogP contribution in [0.25, 0.3) is 0 Å². The number of aliphatic hydroxyl groups excluding tert-OH is 1. The van der Waals surface area contributed by atoms with Gasteiger partial charge in [-0.05, 0) is 52.2 Å². The number of likely N-dealkylation sites (tertiary alicyclic amines) is 1. The molecule has 1 aliphatic heterocycles. The highest BCUT2D eigenvalue weighted by Crippen LogP contribution is 2.28. The number of carbonyl (C=O) groups excluding carboxylic acids is 1. The van der Waals surface area contributed by atoms with Gasteiger partial charge in [-0.1, -0.05) is 0 Å². The van der Waals surface area contributed by atoms with Crippen LogP contribution in [0, 0.1) is 0 Å². The number of amides is 1. The number of piperidine rings is 1. The molecule has 1 heterocycles. The smallest absolute Gasteiger partial charge is 0.411 e. The van der Waals surface area contributed by atoms with Crippen molar-refractivity contribution in [2.45, 2.75) is 57.4 Å². The molecule has 106 valence electrons. The average molecular weight is 275 g/mol. The van der Waals surface area contributed by atoms with Gasteiger partial charge in [0.2, 0.25) is 0 Å². The van der Waals surface area contributed by atoms with Crippen molar-refractivity contribution in [2.24, 2.45) is 0 Å². The second-order valence-corrected chi connectivity index (χ2v) is 6.86. The van der Waals surface area contributed by atoms with Gasteiger partial charge in [0.15, 0.2) is 0 Å². The maximum absolute atomic E-state index is 12.1. The van der Waals surface area contributed by atoms with Gasteiger partial charge in [-0.25, -0.2) is 4.79 Å². The standard InChI is InChI=1S/C13H25NO3S/c1-13(2,3)17-12(16)14-8-5-4-7-11(14)18-10-6-9-15/h11,15H,4-10H2,1-3H3. The number of thioether (sulfide) groups is 1. The first-order valence-corrected chi connectivity index (χ1v) is 7.71. The predicted octanol–water partition coefficient (Wildman–Crippen LogP) is 2.85. The SMILES string of the molecule is CC(C)(C)OC(=O)N1CCCCC1SCCCO. The second-order valence-electron chi connectivity index (χ2n) is 5.57. The lowest BCUT2D eigenvalue weighted by Crippen LogP contribution is -2.44. The van der Waals surface area contributed by atoms with Gasteiger partial charge in [0.05, 0.1) is 5.37 Å². The number of rotatable bonds is 4. The van der Waals surface area contributed by atoms with Gasteiger partial charge in [0.1, 0.15) is 5.60 Å². The Kier molecular flexibility index (Phi) is 6.29. The molecule has 1 amide bonds.